The van der Waals surface area contributed by atoms with Crippen molar-refractivity contribution in [1.29, 1.82) is 0 Å². The van der Waals surface area contributed by atoms with E-state index in [1.54, 1.807) is 32.6 Å². The van der Waals surface area contributed by atoms with Crippen molar-refractivity contribution in [2.75, 3.05) is 20.8 Å². The first-order valence-electron chi connectivity index (χ1n) is 10.9. The molecule has 0 saturated carbocycles. The fraction of sp³-hybridized carbons (Fsp3) is 0.269. The van der Waals surface area contributed by atoms with E-state index in [1.807, 2.05) is 55.5 Å². The molecule has 0 amide bonds. The first kappa shape index (κ1) is 23.5. The van der Waals surface area contributed by atoms with Crippen LogP contribution in [0.25, 0.3) is 6.08 Å². The molecule has 0 saturated heterocycles. The van der Waals surface area contributed by atoms with E-state index in [9.17, 15) is 9.59 Å². The normalized spacial score (nSPS) is 15.6. The number of carbonyl (C=O) groups excluding carboxylic acids is 1. The van der Waals surface area contributed by atoms with Gasteiger partial charge in [0.15, 0.2) is 4.80 Å². The second kappa shape index (κ2) is 9.69. The van der Waals surface area contributed by atoms with Crippen molar-refractivity contribution in [3.63, 3.8) is 0 Å². The van der Waals surface area contributed by atoms with Gasteiger partial charge in [-0.3, -0.25) is 9.36 Å². The minimum Gasteiger partial charge on any atom is -0.497 e. The molecule has 2 heterocycles. The van der Waals surface area contributed by atoms with Gasteiger partial charge in [-0.15, -0.1) is 0 Å². The topological polar surface area (TPSA) is 79.1 Å². The number of allylic oxidation sites excluding steroid dienone is 1. The molecule has 0 unspecified atom stereocenters. The molecule has 3 aromatic rings. The van der Waals surface area contributed by atoms with Crippen LogP contribution in [0, 0.1) is 6.92 Å². The maximum Gasteiger partial charge on any atom is 0.338 e. The van der Waals surface area contributed by atoms with Gasteiger partial charge in [0.1, 0.15) is 11.5 Å². The first-order chi connectivity index (χ1) is 16.4. The Kier molecular flexibility index (Phi) is 6.70. The van der Waals surface area contributed by atoms with Crippen LogP contribution in [0.2, 0.25) is 0 Å². The summed E-state index contributed by atoms with van der Waals surface area (Å²) >= 11 is 1.29. The van der Waals surface area contributed by atoms with Crippen LogP contribution in [-0.2, 0) is 9.53 Å². The number of benzene rings is 2. The number of rotatable bonds is 6. The Bertz CT molecular complexity index is 1450. The summed E-state index contributed by atoms with van der Waals surface area (Å²) in [7, 11) is 3.20. The Balaban J connectivity index is 1.94. The first-order valence-corrected chi connectivity index (χ1v) is 11.7. The van der Waals surface area contributed by atoms with Crippen LogP contribution in [0.1, 0.15) is 36.6 Å². The molecule has 1 aliphatic rings. The van der Waals surface area contributed by atoms with Crippen molar-refractivity contribution in [2.45, 2.75) is 26.8 Å². The summed E-state index contributed by atoms with van der Waals surface area (Å²) in [5.41, 5.74) is 3.21. The van der Waals surface area contributed by atoms with Crippen molar-refractivity contribution in [2.24, 2.45) is 4.99 Å². The maximum absolute atomic E-state index is 13.6. The predicted molar refractivity (Wildman–Crippen MR) is 131 cm³/mol. The minimum absolute atomic E-state index is 0.224. The van der Waals surface area contributed by atoms with Gasteiger partial charge in [-0.05, 0) is 61.7 Å². The van der Waals surface area contributed by atoms with E-state index >= 15 is 0 Å². The third-order valence-electron chi connectivity index (χ3n) is 5.68. The lowest BCUT2D eigenvalue weighted by Crippen LogP contribution is -2.40. The Morgan fingerprint density at radius 2 is 1.85 bits per heavy atom. The number of aromatic nitrogens is 1. The second-order valence-electron chi connectivity index (χ2n) is 7.80. The predicted octanol–water partition coefficient (Wildman–Crippen LogP) is 3.12. The Labute approximate surface area is 201 Å². The molecular weight excluding hydrogens is 452 g/mol. The molecule has 7 nitrogen and oxygen atoms in total. The highest BCUT2D eigenvalue weighted by atomic mass is 32.1. The highest BCUT2D eigenvalue weighted by molar-refractivity contribution is 7.07. The molecule has 1 aromatic heterocycles. The van der Waals surface area contributed by atoms with Crippen LogP contribution in [-0.4, -0.2) is 31.4 Å². The lowest BCUT2D eigenvalue weighted by Gasteiger charge is -2.25. The monoisotopic (exact) mass is 478 g/mol. The highest BCUT2D eigenvalue weighted by Crippen LogP contribution is 2.33. The number of nitrogens with zero attached hydrogens (tertiary/aromatic N) is 2. The molecule has 4 rings (SSSR count). The molecular formula is C26H26N2O5S. The number of hydrogen-bond acceptors (Lipinski definition) is 7. The molecule has 1 atom stereocenters. The standard InChI is InChI=1S/C26H26N2O5S/c1-6-33-25(30)22-16(3)27-26-28(23(22)18-10-7-15(2)20(14-18)32-5)24(29)21(34-26)13-17-8-11-19(31-4)12-9-17/h7-14,23H,6H2,1-5H3/b21-13-/t23-/m1/s1. The van der Waals surface area contributed by atoms with Crippen LogP contribution in [0.3, 0.4) is 0 Å². The summed E-state index contributed by atoms with van der Waals surface area (Å²) in [5, 5.41) is 0. The van der Waals surface area contributed by atoms with Gasteiger partial charge in [0.05, 0.1) is 42.7 Å². The van der Waals surface area contributed by atoms with Crippen LogP contribution >= 0.6 is 11.3 Å². The van der Waals surface area contributed by atoms with Gasteiger partial charge in [0.2, 0.25) is 0 Å². The number of hydrogen-bond donors (Lipinski definition) is 0. The quantitative estimate of drug-likeness (QED) is 0.509. The number of thiazole rings is 1. The summed E-state index contributed by atoms with van der Waals surface area (Å²) in [6, 6.07) is 12.5. The van der Waals surface area contributed by atoms with E-state index in [4.69, 9.17) is 14.2 Å². The van der Waals surface area contributed by atoms with Gasteiger partial charge in [0.25, 0.3) is 5.56 Å². The molecule has 34 heavy (non-hydrogen) atoms. The summed E-state index contributed by atoms with van der Waals surface area (Å²) in [5.74, 6) is 0.926. The molecule has 0 fully saturated rings. The van der Waals surface area contributed by atoms with E-state index in [1.165, 1.54) is 11.3 Å². The van der Waals surface area contributed by atoms with E-state index < -0.39 is 12.0 Å². The molecule has 1 aliphatic heterocycles. The molecule has 2 aromatic carbocycles. The van der Waals surface area contributed by atoms with Gasteiger partial charge in [-0.1, -0.05) is 35.6 Å². The van der Waals surface area contributed by atoms with Gasteiger partial charge in [-0.25, -0.2) is 9.79 Å². The smallest absolute Gasteiger partial charge is 0.338 e. The number of carbonyl (C=O) groups is 1. The number of esters is 1. The van der Waals surface area contributed by atoms with Crippen LogP contribution in [0.5, 0.6) is 11.5 Å². The Morgan fingerprint density at radius 1 is 1.12 bits per heavy atom. The lowest BCUT2D eigenvalue weighted by atomic mass is 9.95. The van der Waals surface area contributed by atoms with Crippen molar-refractivity contribution in [3.8, 4) is 11.5 Å². The average molecular weight is 479 g/mol. The largest absolute Gasteiger partial charge is 0.497 e. The number of fused-ring (bicyclic) bond motifs is 1. The fourth-order valence-corrected chi connectivity index (χ4v) is 5.01. The van der Waals surface area contributed by atoms with Crippen molar-refractivity contribution in [3.05, 3.63) is 90.1 Å². The number of methoxy groups -OCH3 is 2. The van der Waals surface area contributed by atoms with Gasteiger partial charge >= 0.3 is 5.97 Å². The molecule has 0 aliphatic carbocycles. The van der Waals surface area contributed by atoms with Crippen LogP contribution in [0.4, 0.5) is 0 Å². The number of ether oxygens (including phenoxy) is 3. The van der Waals surface area contributed by atoms with Crippen molar-refractivity contribution < 1.29 is 19.0 Å². The Hall–Kier alpha value is -3.65. The van der Waals surface area contributed by atoms with Crippen LogP contribution < -0.4 is 24.4 Å². The molecule has 0 bridgehead atoms. The minimum atomic E-state index is -0.678. The van der Waals surface area contributed by atoms with E-state index in [2.05, 4.69) is 4.99 Å². The van der Waals surface area contributed by atoms with E-state index in [0.717, 1.165) is 22.4 Å². The van der Waals surface area contributed by atoms with Gasteiger partial charge in [-0.2, -0.15) is 0 Å². The fourth-order valence-electron chi connectivity index (χ4n) is 3.97. The van der Waals surface area contributed by atoms with Gasteiger partial charge < -0.3 is 14.2 Å². The maximum atomic E-state index is 13.6. The second-order valence-corrected chi connectivity index (χ2v) is 8.81. The third-order valence-corrected chi connectivity index (χ3v) is 6.66. The molecule has 176 valence electrons. The summed E-state index contributed by atoms with van der Waals surface area (Å²) < 4.78 is 18.2. The van der Waals surface area contributed by atoms with Crippen LogP contribution in [0.15, 0.2) is 63.5 Å². The van der Waals surface area contributed by atoms with Crippen molar-refractivity contribution in [1.82, 2.24) is 4.57 Å². The third kappa shape index (κ3) is 4.28. The molecule has 0 spiro atoms. The van der Waals surface area contributed by atoms with Crippen molar-refractivity contribution >= 4 is 23.4 Å². The average Bonchev–Trinajstić information content (AvgIpc) is 3.13. The molecule has 0 radical (unpaired) electrons. The molecule has 8 heteroatoms. The molecule has 0 N–H and O–H groups in total. The zero-order valence-electron chi connectivity index (χ0n) is 19.7. The summed E-state index contributed by atoms with van der Waals surface area (Å²) in [6.45, 7) is 5.69. The zero-order chi connectivity index (χ0) is 24.4. The number of aryl methyl sites for hydroxylation is 1. The lowest BCUT2D eigenvalue weighted by molar-refractivity contribution is -0.139. The Morgan fingerprint density at radius 3 is 2.50 bits per heavy atom. The van der Waals surface area contributed by atoms with E-state index in [-0.39, 0.29) is 12.2 Å². The highest BCUT2D eigenvalue weighted by Gasteiger charge is 2.33. The van der Waals surface area contributed by atoms with Gasteiger partial charge in [0, 0.05) is 0 Å². The summed E-state index contributed by atoms with van der Waals surface area (Å²) in [6.07, 6.45) is 1.82. The summed E-state index contributed by atoms with van der Waals surface area (Å²) in [4.78, 5) is 31.8. The SMILES string of the molecule is CCOC(=O)C1=C(C)N=c2s/c(=C\c3ccc(OC)cc3)c(=O)n2[C@@H]1c1ccc(C)c(OC)c1. The zero-order valence-corrected chi connectivity index (χ0v) is 20.6. The van der Waals surface area contributed by atoms with E-state index in [0.29, 0.717) is 26.4 Å².